The van der Waals surface area contributed by atoms with Gasteiger partial charge in [-0.05, 0) is 55.8 Å². The van der Waals surface area contributed by atoms with Crippen molar-refractivity contribution in [2.24, 2.45) is 0 Å². The number of nitrogens with zero attached hydrogens (tertiary/aromatic N) is 3. The van der Waals surface area contributed by atoms with E-state index >= 15 is 0 Å². The van der Waals surface area contributed by atoms with Crippen molar-refractivity contribution in [3.63, 3.8) is 0 Å². The van der Waals surface area contributed by atoms with Gasteiger partial charge in [0.05, 0.1) is 11.0 Å². The number of carbonyl (C=O) groups excluding carboxylic acids is 1. The number of H-pyrrole nitrogens is 1. The number of aromatic amines is 1. The van der Waals surface area contributed by atoms with Crippen LogP contribution in [-0.2, 0) is 6.42 Å². The third-order valence-electron chi connectivity index (χ3n) is 5.65. The van der Waals surface area contributed by atoms with Crippen molar-refractivity contribution < 1.29 is 4.79 Å². The fourth-order valence-corrected chi connectivity index (χ4v) is 4.02. The Hall–Kier alpha value is -4.52. The number of benzene rings is 3. The summed E-state index contributed by atoms with van der Waals surface area (Å²) in [5, 5.41) is 2.94. The van der Waals surface area contributed by atoms with Crippen LogP contribution < -0.4 is 10.9 Å². The molecule has 1 amide bonds. The first-order valence-electron chi connectivity index (χ1n) is 11.1. The molecule has 34 heavy (non-hydrogen) atoms. The average Bonchev–Trinajstić information content (AvgIpc) is 3.19. The van der Waals surface area contributed by atoms with E-state index in [1.807, 2.05) is 62.4 Å². The van der Waals surface area contributed by atoms with Crippen molar-refractivity contribution in [3.8, 4) is 17.1 Å². The smallest absolute Gasteiger partial charge is 0.255 e. The van der Waals surface area contributed by atoms with E-state index in [-0.39, 0.29) is 11.5 Å². The lowest BCUT2D eigenvalue weighted by atomic mass is 10.1. The maximum atomic E-state index is 13.0. The fourth-order valence-electron chi connectivity index (χ4n) is 4.02. The number of carbonyl (C=O) groups is 1. The number of rotatable bonds is 5. The molecule has 3 aromatic carbocycles. The molecule has 0 bridgehead atoms. The van der Waals surface area contributed by atoms with Gasteiger partial charge in [-0.15, -0.1) is 0 Å². The van der Waals surface area contributed by atoms with E-state index in [4.69, 9.17) is 0 Å². The second kappa shape index (κ2) is 8.78. The zero-order valence-electron chi connectivity index (χ0n) is 18.9. The van der Waals surface area contributed by atoms with Crippen LogP contribution in [0.15, 0.2) is 83.7 Å². The lowest BCUT2D eigenvalue weighted by Gasteiger charge is -2.09. The molecule has 5 rings (SSSR count). The van der Waals surface area contributed by atoms with E-state index in [1.165, 1.54) is 6.07 Å². The largest absolute Gasteiger partial charge is 0.322 e. The number of para-hydroxylation sites is 1. The molecule has 0 aliphatic carbocycles. The zero-order valence-corrected chi connectivity index (χ0v) is 18.9. The number of aromatic nitrogens is 4. The molecule has 5 aromatic rings. The lowest BCUT2D eigenvalue weighted by Crippen LogP contribution is -2.12. The van der Waals surface area contributed by atoms with Crippen molar-refractivity contribution in [2.75, 3.05) is 5.32 Å². The Morgan fingerprint density at radius 3 is 2.59 bits per heavy atom. The molecule has 0 spiro atoms. The normalized spacial score (nSPS) is 11.0. The molecular formula is C27H23N5O2. The zero-order chi connectivity index (χ0) is 23.7. The molecule has 0 saturated heterocycles. The monoisotopic (exact) mass is 449 g/mol. The van der Waals surface area contributed by atoms with Crippen LogP contribution in [0.3, 0.4) is 0 Å². The predicted molar refractivity (Wildman–Crippen MR) is 133 cm³/mol. The van der Waals surface area contributed by atoms with Crippen LogP contribution in [-0.4, -0.2) is 25.4 Å². The Balaban J connectivity index is 1.43. The molecule has 0 fully saturated rings. The quantitative estimate of drug-likeness (QED) is 0.399. The van der Waals surface area contributed by atoms with Gasteiger partial charge in [0, 0.05) is 34.3 Å². The molecule has 168 valence electrons. The highest BCUT2D eigenvalue weighted by molar-refractivity contribution is 6.06. The van der Waals surface area contributed by atoms with Gasteiger partial charge in [0.25, 0.3) is 11.5 Å². The van der Waals surface area contributed by atoms with E-state index in [2.05, 4.69) is 24.8 Å². The molecule has 7 nitrogen and oxygen atoms in total. The summed E-state index contributed by atoms with van der Waals surface area (Å²) in [7, 11) is 0. The van der Waals surface area contributed by atoms with Gasteiger partial charge in [-0.1, -0.05) is 37.3 Å². The summed E-state index contributed by atoms with van der Waals surface area (Å²) in [4.78, 5) is 36.9. The fraction of sp³-hybridized carbons (Fsp3) is 0.111. The number of hydrogen-bond acceptors (Lipinski definition) is 4. The number of anilines is 1. The van der Waals surface area contributed by atoms with Gasteiger partial charge in [0.15, 0.2) is 0 Å². The van der Waals surface area contributed by atoms with Crippen LogP contribution in [0.4, 0.5) is 5.69 Å². The summed E-state index contributed by atoms with van der Waals surface area (Å²) >= 11 is 0. The summed E-state index contributed by atoms with van der Waals surface area (Å²) in [5.41, 5.74) is 5.07. The van der Waals surface area contributed by atoms with Crippen molar-refractivity contribution in [1.82, 2.24) is 19.5 Å². The Bertz CT molecular complexity index is 1570. The number of amides is 1. The van der Waals surface area contributed by atoms with Gasteiger partial charge in [-0.25, -0.2) is 9.97 Å². The second-order valence-electron chi connectivity index (χ2n) is 8.01. The molecule has 0 unspecified atom stereocenters. The minimum absolute atomic E-state index is 0.199. The van der Waals surface area contributed by atoms with Crippen molar-refractivity contribution in [2.45, 2.75) is 20.3 Å². The number of hydrogen-bond donors (Lipinski definition) is 2. The van der Waals surface area contributed by atoms with Crippen molar-refractivity contribution >= 4 is 22.6 Å². The Morgan fingerprint density at radius 1 is 0.971 bits per heavy atom. The van der Waals surface area contributed by atoms with E-state index < -0.39 is 0 Å². The molecule has 2 heterocycles. The van der Waals surface area contributed by atoms with Gasteiger partial charge in [-0.2, -0.15) is 0 Å². The average molecular weight is 450 g/mol. The van der Waals surface area contributed by atoms with Crippen LogP contribution >= 0.6 is 0 Å². The molecule has 0 saturated carbocycles. The van der Waals surface area contributed by atoms with Gasteiger partial charge in [0.2, 0.25) is 0 Å². The molecule has 0 radical (unpaired) electrons. The summed E-state index contributed by atoms with van der Waals surface area (Å²) in [5.74, 6) is 1.08. The van der Waals surface area contributed by atoms with Crippen LogP contribution in [0.25, 0.3) is 28.1 Å². The third kappa shape index (κ3) is 4.11. The topological polar surface area (TPSA) is 92.7 Å². The SMILES string of the molecule is CCc1cc(=O)[nH]c(-c2cccc(NC(=O)c3ccc4c(c3)nc(C)n4-c3ccccc3)c2)n1. The van der Waals surface area contributed by atoms with E-state index in [0.717, 1.165) is 28.1 Å². The second-order valence-corrected chi connectivity index (χ2v) is 8.01. The first-order valence-corrected chi connectivity index (χ1v) is 11.1. The summed E-state index contributed by atoms with van der Waals surface area (Å²) < 4.78 is 2.07. The highest BCUT2D eigenvalue weighted by Gasteiger charge is 2.13. The van der Waals surface area contributed by atoms with Gasteiger partial charge >= 0.3 is 0 Å². The Labute approximate surface area is 196 Å². The summed E-state index contributed by atoms with van der Waals surface area (Å²) in [6.07, 6.45) is 0.662. The number of fused-ring (bicyclic) bond motifs is 1. The number of aryl methyl sites for hydroxylation is 2. The first kappa shape index (κ1) is 21.3. The molecule has 0 aliphatic rings. The standard InChI is InChI=1S/C27H23N5O2/c1-3-20-16-25(33)31-26(29-20)18-8-7-9-21(14-18)30-27(34)19-12-13-24-23(15-19)28-17(2)32(24)22-10-5-4-6-11-22/h4-16H,3H2,1-2H3,(H,30,34)(H,29,31,33). The molecule has 0 atom stereocenters. The minimum Gasteiger partial charge on any atom is -0.322 e. The van der Waals surface area contributed by atoms with Crippen molar-refractivity contribution in [3.05, 3.63) is 106 Å². The molecule has 2 N–H and O–H groups in total. The van der Waals surface area contributed by atoms with E-state index in [9.17, 15) is 9.59 Å². The van der Waals surface area contributed by atoms with Crippen LogP contribution in [0.5, 0.6) is 0 Å². The van der Waals surface area contributed by atoms with E-state index in [1.54, 1.807) is 24.3 Å². The highest BCUT2D eigenvalue weighted by atomic mass is 16.1. The first-order chi connectivity index (χ1) is 16.5. The number of imidazole rings is 1. The Kier molecular flexibility index (Phi) is 5.51. The van der Waals surface area contributed by atoms with Crippen LogP contribution in [0, 0.1) is 6.92 Å². The predicted octanol–water partition coefficient (Wildman–Crippen LogP) is 4.90. The highest BCUT2D eigenvalue weighted by Crippen LogP contribution is 2.24. The molecule has 2 aromatic heterocycles. The van der Waals surface area contributed by atoms with Gasteiger partial charge < -0.3 is 10.3 Å². The van der Waals surface area contributed by atoms with Crippen LogP contribution in [0.2, 0.25) is 0 Å². The molecular weight excluding hydrogens is 426 g/mol. The summed E-state index contributed by atoms with van der Waals surface area (Å²) in [6.45, 7) is 3.90. The third-order valence-corrected chi connectivity index (χ3v) is 5.65. The minimum atomic E-state index is -0.241. The molecule has 0 aliphatic heterocycles. The van der Waals surface area contributed by atoms with Gasteiger partial charge in [-0.3, -0.25) is 14.2 Å². The van der Waals surface area contributed by atoms with E-state index in [0.29, 0.717) is 29.2 Å². The Morgan fingerprint density at radius 2 is 1.79 bits per heavy atom. The maximum Gasteiger partial charge on any atom is 0.255 e. The lowest BCUT2D eigenvalue weighted by molar-refractivity contribution is 0.102. The van der Waals surface area contributed by atoms with Gasteiger partial charge in [0.1, 0.15) is 11.6 Å². The molecule has 7 heteroatoms. The maximum absolute atomic E-state index is 13.0. The summed E-state index contributed by atoms with van der Waals surface area (Å²) in [6, 6.07) is 24.3. The van der Waals surface area contributed by atoms with Crippen molar-refractivity contribution in [1.29, 1.82) is 0 Å². The van der Waals surface area contributed by atoms with Crippen LogP contribution in [0.1, 0.15) is 28.8 Å². The number of nitrogens with one attached hydrogen (secondary N) is 2.